The van der Waals surface area contributed by atoms with Gasteiger partial charge in [-0.05, 0) is 24.4 Å². The van der Waals surface area contributed by atoms with Gasteiger partial charge in [-0.25, -0.2) is 0 Å². The third kappa shape index (κ3) is 2.63. The summed E-state index contributed by atoms with van der Waals surface area (Å²) in [5, 5.41) is 7.98. The summed E-state index contributed by atoms with van der Waals surface area (Å²) in [6.45, 7) is 2.01. The van der Waals surface area contributed by atoms with E-state index in [1.165, 1.54) is 0 Å². The number of carbonyl (C=O) groups excluding carboxylic acids is 1. The van der Waals surface area contributed by atoms with Gasteiger partial charge in [0.2, 0.25) is 11.7 Å². The lowest BCUT2D eigenvalue weighted by molar-refractivity contribution is -0.148. The first-order valence-corrected chi connectivity index (χ1v) is 8.20. The van der Waals surface area contributed by atoms with Crippen molar-refractivity contribution < 1.29 is 18.0 Å². The Labute approximate surface area is 146 Å². The van der Waals surface area contributed by atoms with Crippen molar-refractivity contribution in [2.75, 3.05) is 6.54 Å². The summed E-state index contributed by atoms with van der Waals surface area (Å²) in [5.41, 5.74) is 0.938. The second-order valence-electron chi connectivity index (χ2n) is 6.30. The molecule has 0 spiro atoms. The number of alkyl halides is 3. The second kappa shape index (κ2) is 5.86. The van der Waals surface area contributed by atoms with Crippen molar-refractivity contribution in [3.05, 3.63) is 48.2 Å². The number of hydrogen-bond donors (Lipinski definition) is 0. The number of benzene rings is 1. The highest BCUT2D eigenvalue weighted by Gasteiger charge is 2.41. The molecule has 0 saturated heterocycles. The third-order valence-corrected chi connectivity index (χ3v) is 4.74. The van der Waals surface area contributed by atoms with Crippen LogP contribution in [-0.4, -0.2) is 36.7 Å². The molecule has 2 aromatic heterocycles. The predicted octanol–water partition coefficient (Wildman–Crippen LogP) is 2.86. The van der Waals surface area contributed by atoms with E-state index in [0.717, 1.165) is 15.5 Å². The van der Waals surface area contributed by atoms with E-state index in [9.17, 15) is 18.0 Å². The zero-order valence-electron chi connectivity index (χ0n) is 13.9. The maximum Gasteiger partial charge on any atom is 0.451 e. The Morgan fingerprint density at radius 2 is 1.96 bits per heavy atom. The van der Waals surface area contributed by atoms with Crippen LogP contribution < -0.4 is 0 Å². The zero-order chi connectivity index (χ0) is 18.5. The first-order valence-electron chi connectivity index (χ1n) is 8.20. The molecule has 1 amide bonds. The average Bonchev–Trinajstić information content (AvgIpc) is 3.20. The molecule has 0 aliphatic carbocycles. The minimum Gasteiger partial charge on any atom is -0.338 e. The number of nitrogens with zero attached hydrogens (tertiary/aromatic N) is 5. The van der Waals surface area contributed by atoms with Crippen molar-refractivity contribution in [2.45, 2.75) is 32.2 Å². The van der Waals surface area contributed by atoms with Gasteiger partial charge in [0.05, 0.1) is 6.04 Å². The molecular formula is C17H16F3N5O. The molecule has 1 aliphatic rings. The Bertz CT molecular complexity index is 974. The lowest BCUT2D eigenvalue weighted by Crippen LogP contribution is -2.43. The summed E-state index contributed by atoms with van der Waals surface area (Å²) in [6, 6.07) is 9.06. The Hall–Kier alpha value is -2.84. The highest BCUT2D eigenvalue weighted by Crippen LogP contribution is 2.32. The molecule has 26 heavy (non-hydrogen) atoms. The van der Waals surface area contributed by atoms with Gasteiger partial charge < -0.3 is 14.0 Å². The summed E-state index contributed by atoms with van der Waals surface area (Å²) < 4.78 is 41.8. The van der Waals surface area contributed by atoms with E-state index < -0.39 is 18.0 Å². The highest BCUT2D eigenvalue weighted by atomic mass is 19.4. The fourth-order valence-corrected chi connectivity index (χ4v) is 3.45. The molecule has 136 valence electrons. The molecule has 1 aromatic carbocycles. The highest BCUT2D eigenvalue weighted by molar-refractivity contribution is 5.83. The van der Waals surface area contributed by atoms with Gasteiger partial charge in [-0.2, -0.15) is 13.2 Å². The summed E-state index contributed by atoms with van der Waals surface area (Å²) in [4.78, 5) is 14.3. The van der Waals surface area contributed by atoms with E-state index >= 15 is 0 Å². The van der Waals surface area contributed by atoms with Crippen LogP contribution in [0, 0.1) is 0 Å². The van der Waals surface area contributed by atoms with E-state index in [0.29, 0.717) is 0 Å². The van der Waals surface area contributed by atoms with Crippen molar-refractivity contribution in [3.8, 4) is 0 Å². The monoisotopic (exact) mass is 363 g/mol. The molecule has 3 heterocycles. The minimum atomic E-state index is -4.55. The summed E-state index contributed by atoms with van der Waals surface area (Å²) in [7, 11) is 0. The molecule has 0 fully saturated rings. The summed E-state index contributed by atoms with van der Waals surface area (Å²) in [6.07, 6.45) is -2.72. The van der Waals surface area contributed by atoms with Crippen LogP contribution >= 0.6 is 0 Å². The molecule has 9 heteroatoms. The van der Waals surface area contributed by atoms with Crippen molar-refractivity contribution in [1.29, 1.82) is 0 Å². The number of carbonyl (C=O) groups is 1. The van der Waals surface area contributed by atoms with Gasteiger partial charge in [-0.3, -0.25) is 4.79 Å². The summed E-state index contributed by atoms with van der Waals surface area (Å²) in [5.74, 6) is -1.01. The number of para-hydroxylation sites is 1. The third-order valence-electron chi connectivity index (χ3n) is 4.74. The van der Waals surface area contributed by atoms with Crippen molar-refractivity contribution in [1.82, 2.24) is 24.2 Å². The molecular weight excluding hydrogens is 347 g/mol. The Balaban J connectivity index is 1.57. The molecule has 0 N–H and O–H groups in total. The fraction of sp³-hybridized carbons (Fsp3) is 0.353. The minimum absolute atomic E-state index is 0.0275. The van der Waals surface area contributed by atoms with Crippen molar-refractivity contribution in [2.24, 2.45) is 0 Å². The van der Waals surface area contributed by atoms with Gasteiger partial charge in [0.15, 0.2) is 5.82 Å². The van der Waals surface area contributed by atoms with Crippen LogP contribution in [-0.2, 0) is 24.1 Å². The van der Waals surface area contributed by atoms with Gasteiger partial charge in [0.1, 0.15) is 6.54 Å². The quantitative estimate of drug-likeness (QED) is 0.704. The van der Waals surface area contributed by atoms with E-state index in [4.69, 9.17) is 0 Å². The first kappa shape index (κ1) is 16.6. The molecule has 4 rings (SSSR count). The normalized spacial score (nSPS) is 17.5. The number of aromatic nitrogens is 4. The Kier molecular flexibility index (Phi) is 3.74. The van der Waals surface area contributed by atoms with Crippen LogP contribution in [0.2, 0.25) is 0 Å². The van der Waals surface area contributed by atoms with Crippen LogP contribution in [0.4, 0.5) is 13.2 Å². The van der Waals surface area contributed by atoms with Crippen molar-refractivity contribution >= 4 is 16.8 Å². The molecule has 6 nitrogen and oxygen atoms in total. The number of fused-ring (bicyclic) bond motifs is 2. The maximum atomic E-state index is 13.0. The lowest BCUT2D eigenvalue weighted by atomic mass is 10.2. The lowest BCUT2D eigenvalue weighted by Gasteiger charge is -2.34. The van der Waals surface area contributed by atoms with Gasteiger partial charge in [0.25, 0.3) is 0 Å². The fourth-order valence-electron chi connectivity index (χ4n) is 3.45. The van der Waals surface area contributed by atoms with E-state index in [-0.39, 0.29) is 31.4 Å². The average molecular weight is 363 g/mol. The van der Waals surface area contributed by atoms with Gasteiger partial charge >= 0.3 is 6.18 Å². The molecule has 1 aliphatic heterocycles. The largest absolute Gasteiger partial charge is 0.451 e. The van der Waals surface area contributed by atoms with E-state index in [2.05, 4.69) is 10.2 Å². The smallest absolute Gasteiger partial charge is 0.338 e. The Morgan fingerprint density at radius 1 is 1.19 bits per heavy atom. The number of rotatable bonds is 2. The second-order valence-corrected chi connectivity index (χ2v) is 6.30. The zero-order valence-corrected chi connectivity index (χ0v) is 13.9. The molecule has 0 saturated carbocycles. The van der Waals surface area contributed by atoms with Crippen LogP contribution in [0.5, 0.6) is 0 Å². The molecule has 0 bridgehead atoms. The van der Waals surface area contributed by atoms with Gasteiger partial charge in [-0.15, -0.1) is 10.2 Å². The molecule has 1 atom stereocenters. The number of amides is 1. The maximum absolute atomic E-state index is 13.0. The van der Waals surface area contributed by atoms with Crippen LogP contribution in [0.3, 0.4) is 0 Å². The topological polar surface area (TPSA) is 56.0 Å². The SMILES string of the molecule is CC1c2nnc(C(F)(F)F)n2CCN1C(=O)Cn1ccc2ccccc21. The van der Waals surface area contributed by atoms with E-state index in [1.54, 1.807) is 11.8 Å². The standard InChI is InChI=1S/C17H16F3N5O/c1-11-15-21-22-16(17(18,19)20)25(15)9-8-24(11)14(26)10-23-7-6-12-4-2-3-5-13(12)23/h2-7,11H,8-10H2,1H3. The Morgan fingerprint density at radius 3 is 2.73 bits per heavy atom. The molecule has 0 radical (unpaired) electrons. The van der Waals surface area contributed by atoms with Crippen molar-refractivity contribution in [3.63, 3.8) is 0 Å². The van der Waals surface area contributed by atoms with Crippen LogP contribution in [0.15, 0.2) is 36.5 Å². The van der Waals surface area contributed by atoms with Gasteiger partial charge in [-0.1, -0.05) is 18.2 Å². The predicted molar refractivity (Wildman–Crippen MR) is 87.1 cm³/mol. The molecule has 1 unspecified atom stereocenters. The number of halogens is 3. The van der Waals surface area contributed by atoms with Crippen LogP contribution in [0.25, 0.3) is 10.9 Å². The van der Waals surface area contributed by atoms with Crippen LogP contribution in [0.1, 0.15) is 24.6 Å². The van der Waals surface area contributed by atoms with Gasteiger partial charge in [0, 0.05) is 24.8 Å². The molecule has 3 aromatic rings. The number of hydrogen-bond acceptors (Lipinski definition) is 3. The first-order chi connectivity index (χ1) is 12.4. The summed E-state index contributed by atoms with van der Waals surface area (Å²) >= 11 is 0. The van der Waals surface area contributed by atoms with E-state index in [1.807, 2.05) is 41.1 Å².